The molecule has 11 heteroatoms. The van der Waals surface area contributed by atoms with E-state index >= 15 is 0 Å². The molecule has 0 saturated carbocycles. The molecule has 0 fully saturated rings. The van der Waals surface area contributed by atoms with Crippen molar-refractivity contribution in [1.82, 2.24) is 14.8 Å². The molecule has 8 nitrogen and oxygen atoms in total. The molecule has 0 unspecified atom stereocenters. The van der Waals surface area contributed by atoms with E-state index in [1.54, 1.807) is 32.9 Å². The third-order valence-electron chi connectivity index (χ3n) is 3.83. The zero-order valence-electron chi connectivity index (χ0n) is 16.1. The van der Waals surface area contributed by atoms with Gasteiger partial charge in [-0.05, 0) is 44.4 Å². The standard InChI is InChI=1S/C19H17F3N4O4/c1-18(2,3)30-17(29)24-15-12-8-11(5-4-10(12)6-7-23-15)26-13(16(27)28)9-14(25-26)19(20,21)22/h4-9H,1-3H3,(H,27,28)(H,23,24,29). The van der Waals surface area contributed by atoms with Gasteiger partial charge < -0.3 is 9.84 Å². The maximum absolute atomic E-state index is 13.0. The Kier molecular flexibility index (Phi) is 5.15. The molecule has 1 aromatic carbocycles. The highest BCUT2D eigenvalue weighted by atomic mass is 19.4. The molecular formula is C19H17F3N4O4. The topological polar surface area (TPSA) is 106 Å². The first-order valence-corrected chi connectivity index (χ1v) is 8.65. The van der Waals surface area contributed by atoms with Crippen molar-refractivity contribution in [3.8, 4) is 5.69 Å². The van der Waals surface area contributed by atoms with Crippen LogP contribution in [-0.2, 0) is 10.9 Å². The summed E-state index contributed by atoms with van der Waals surface area (Å²) in [5.41, 5.74) is -2.69. The zero-order chi connectivity index (χ0) is 22.3. The fraction of sp³-hybridized carbons (Fsp3) is 0.263. The van der Waals surface area contributed by atoms with Crippen LogP contribution in [0.4, 0.5) is 23.8 Å². The van der Waals surface area contributed by atoms with E-state index in [-0.39, 0.29) is 11.5 Å². The number of rotatable bonds is 3. The Balaban J connectivity index is 2.09. The molecule has 0 saturated heterocycles. The number of alkyl halides is 3. The summed E-state index contributed by atoms with van der Waals surface area (Å²) in [5.74, 6) is -1.47. The van der Waals surface area contributed by atoms with E-state index in [1.165, 1.54) is 18.3 Å². The molecule has 158 valence electrons. The summed E-state index contributed by atoms with van der Waals surface area (Å²) in [7, 11) is 0. The third-order valence-corrected chi connectivity index (χ3v) is 3.83. The van der Waals surface area contributed by atoms with Crippen molar-refractivity contribution < 1.29 is 32.6 Å². The van der Waals surface area contributed by atoms with E-state index in [0.717, 1.165) is 0 Å². The number of benzene rings is 1. The highest BCUT2D eigenvalue weighted by Crippen LogP contribution is 2.31. The molecule has 0 spiro atoms. The fourth-order valence-corrected chi connectivity index (χ4v) is 2.66. The van der Waals surface area contributed by atoms with Gasteiger partial charge in [0.1, 0.15) is 11.4 Å². The highest BCUT2D eigenvalue weighted by molar-refractivity contribution is 5.99. The van der Waals surface area contributed by atoms with Crippen molar-refractivity contribution in [2.45, 2.75) is 32.5 Å². The lowest BCUT2D eigenvalue weighted by atomic mass is 10.1. The summed E-state index contributed by atoms with van der Waals surface area (Å²) >= 11 is 0. The Morgan fingerprint density at radius 2 is 1.83 bits per heavy atom. The highest BCUT2D eigenvalue weighted by Gasteiger charge is 2.36. The third kappa shape index (κ3) is 4.50. The number of anilines is 1. The van der Waals surface area contributed by atoms with Crippen LogP contribution < -0.4 is 5.32 Å². The molecule has 3 aromatic rings. The maximum atomic E-state index is 13.0. The molecule has 0 bridgehead atoms. The monoisotopic (exact) mass is 422 g/mol. The molecule has 2 heterocycles. The van der Waals surface area contributed by atoms with E-state index in [2.05, 4.69) is 15.4 Å². The number of fused-ring (bicyclic) bond motifs is 1. The van der Waals surface area contributed by atoms with Gasteiger partial charge in [-0.3, -0.25) is 5.32 Å². The molecule has 0 aliphatic rings. The largest absolute Gasteiger partial charge is 0.477 e. The minimum atomic E-state index is -4.81. The molecule has 0 radical (unpaired) electrons. The Morgan fingerprint density at radius 3 is 2.43 bits per heavy atom. The Morgan fingerprint density at radius 1 is 1.13 bits per heavy atom. The number of carboxylic acid groups (broad SMARTS) is 1. The first-order valence-electron chi connectivity index (χ1n) is 8.65. The lowest BCUT2D eigenvalue weighted by Crippen LogP contribution is -2.27. The van der Waals surface area contributed by atoms with Crippen LogP contribution in [0.15, 0.2) is 36.5 Å². The summed E-state index contributed by atoms with van der Waals surface area (Å²) in [4.78, 5) is 27.6. The number of carboxylic acids is 1. The van der Waals surface area contributed by atoms with Crippen molar-refractivity contribution in [2.24, 2.45) is 0 Å². The van der Waals surface area contributed by atoms with Gasteiger partial charge in [-0.15, -0.1) is 0 Å². The number of nitrogens with zero attached hydrogens (tertiary/aromatic N) is 3. The number of hydrogen-bond acceptors (Lipinski definition) is 5. The van der Waals surface area contributed by atoms with Gasteiger partial charge in [0.15, 0.2) is 11.4 Å². The number of hydrogen-bond donors (Lipinski definition) is 2. The first-order chi connectivity index (χ1) is 13.8. The van der Waals surface area contributed by atoms with Crippen LogP contribution in [0.25, 0.3) is 16.5 Å². The number of halogens is 3. The molecule has 1 amide bonds. The number of amides is 1. The molecular weight excluding hydrogens is 405 g/mol. The van der Waals surface area contributed by atoms with Crippen LogP contribution in [0.3, 0.4) is 0 Å². The Hall–Kier alpha value is -3.63. The van der Waals surface area contributed by atoms with Gasteiger partial charge in [-0.25, -0.2) is 19.3 Å². The van der Waals surface area contributed by atoms with E-state index in [4.69, 9.17) is 4.74 Å². The minimum Gasteiger partial charge on any atom is -0.477 e. The molecule has 3 rings (SSSR count). The number of ether oxygens (including phenoxy) is 1. The fourth-order valence-electron chi connectivity index (χ4n) is 2.66. The number of nitrogens with one attached hydrogen (secondary N) is 1. The zero-order valence-corrected chi connectivity index (χ0v) is 16.1. The predicted molar refractivity (Wildman–Crippen MR) is 101 cm³/mol. The van der Waals surface area contributed by atoms with E-state index in [0.29, 0.717) is 21.5 Å². The van der Waals surface area contributed by atoms with Crippen molar-refractivity contribution in [1.29, 1.82) is 0 Å². The van der Waals surface area contributed by atoms with Crippen LogP contribution in [0.1, 0.15) is 37.0 Å². The molecule has 2 N–H and O–H groups in total. The van der Waals surface area contributed by atoms with Crippen LogP contribution >= 0.6 is 0 Å². The number of carbonyl (C=O) groups excluding carboxylic acids is 1. The van der Waals surface area contributed by atoms with Crippen LogP contribution in [0.2, 0.25) is 0 Å². The quantitative estimate of drug-likeness (QED) is 0.644. The first kappa shape index (κ1) is 21.1. The van der Waals surface area contributed by atoms with Gasteiger partial charge in [-0.1, -0.05) is 6.07 Å². The second-order valence-electron chi connectivity index (χ2n) is 7.32. The number of carbonyl (C=O) groups is 2. The lowest BCUT2D eigenvalue weighted by Gasteiger charge is -2.19. The lowest BCUT2D eigenvalue weighted by molar-refractivity contribution is -0.141. The Labute approximate surface area is 168 Å². The van der Waals surface area contributed by atoms with Crippen molar-refractivity contribution in [3.05, 3.63) is 47.9 Å². The average molecular weight is 422 g/mol. The summed E-state index contributed by atoms with van der Waals surface area (Å²) < 4.78 is 44.9. The summed E-state index contributed by atoms with van der Waals surface area (Å²) in [6, 6.07) is 6.43. The predicted octanol–water partition coefficient (Wildman–Crippen LogP) is 4.48. The van der Waals surface area contributed by atoms with Crippen LogP contribution in [0, 0.1) is 0 Å². The van der Waals surface area contributed by atoms with Gasteiger partial charge in [0, 0.05) is 17.6 Å². The maximum Gasteiger partial charge on any atom is 0.435 e. The molecule has 0 atom stereocenters. The SMILES string of the molecule is CC(C)(C)OC(=O)Nc1nccc2ccc(-n3nc(C(F)(F)F)cc3C(=O)O)cc12. The molecule has 0 aliphatic heterocycles. The van der Waals surface area contributed by atoms with Crippen molar-refractivity contribution >= 4 is 28.7 Å². The summed E-state index contributed by atoms with van der Waals surface area (Å²) in [6.07, 6.45) is -4.14. The summed E-state index contributed by atoms with van der Waals surface area (Å²) in [6.45, 7) is 5.06. The Bertz CT molecular complexity index is 1130. The second-order valence-corrected chi connectivity index (χ2v) is 7.32. The normalized spacial score (nSPS) is 12.1. The second kappa shape index (κ2) is 7.32. The number of aromatic nitrogens is 3. The van der Waals surface area contributed by atoms with Gasteiger partial charge >= 0.3 is 18.2 Å². The van der Waals surface area contributed by atoms with E-state index in [1.807, 2.05) is 0 Å². The van der Waals surface area contributed by atoms with Gasteiger partial charge in [0.05, 0.1) is 5.69 Å². The van der Waals surface area contributed by atoms with Crippen molar-refractivity contribution in [3.63, 3.8) is 0 Å². The smallest absolute Gasteiger partial charge is 0.435 e. The van der Waals surface area contributed by atoms with Gasteiger partial charge in [-0.2, -0.15) is 18.3 Å². The number of pyridine rings is 1. The van der Waals surface area contributed by atoms with E-state index in [9.17, 15) is 27.9 Å². The minimum absolute atomic E-state index is 0.0515. The van der Waals surface area contributed by atoms with E-state index < -0.39 is 35.2 Å². The van der Waals surface area contributed by atoms with Crippen LogP contribution in [-0.4, -0.2) is 37.5 Å². The summed E-state index contributed by atoms with van der Waals surface area (Å²) in [5, 5.41) is 16.1. The molecule has 30 heavy (non-hydrogen) atoms. The molecule has 2 aromatic heterocycles. The van der Waals surface area contributed by atoms with Gasteiger partial charge in [0.25, 0.3) is 0 Å². The number of aromatic carboxylic acids is 1. The van der Waals surface area contributed by atoms with Gasteiger partial charge in [0.2, 0.25) is 0 Å². The van der Waals surface area contributed by atoms with Crippen molar-refractivity contribution in [2.75, 3.05) is 5.32 Å². The van der Waals surface area contributed by atoms with Crippen LogP contribution in [0.5, 0.6) is 0 Å². The molecule has 0 aliphatic carbocycles. The average Bonchev–Trinajstić information content (AvgIpc) is 3.06.